The fraction of sp³-hybridized carbons (Fsp3) is 1.00. The molecule has 0 aromatic rings. The highest BCUT2D eigenvalue weighted by molar-refractivity contribution is 4.79. The average molecular weight is 358 g/mol. The molecule has 0 aliphatic rings. The second-order valence-electron chi connectivity index (χ2n) is 7.85. The van der Waals surface area contributed by atoms with Crippen LogP contribution in [-0.4, -0.2) is 44.0 Å². The average Bonchev–Trinajstić information content (AvgIpc) is 2.59. The van der Waals surface area contributed by atoms with Gasteiger partial charge in [-0.1, -0.05) is 78.1 Å². The first-order valence-electron chi connectivity index (χ1n) is 10.9. The molecule has 0 radical (unpaired) electrons. The highest BCUT2D eigenvalue weighted by Gasteiger charge is 2.35. The highest BCUT2D eigenvalue weighted by Crippen LogP contribution is 2.22. The van der Waals surface area contributed by atoms with Crippen LogP contribution in [0.2, 0.25) is 0 Å². The molecule has 25 heavy (non-hydrogen) atoms. The van der Waals surface area contributed by atoms with E-state index in [1.807, 2.05) is 0 Å². The van der Waals surface area contributed by atoms with Crippen LogP contribution in [0.4, 0.5) is 0 Å². The van der Waals surface area contributed by atoms with Crippen molar-refractivity contribution in [3.05, 3.63) is 0 Å². The first kappa shape index (κ1) is 24.9. The van der Waals surface area contributed by atoms with Crippen molar-refractivity contribution in [3.63, 3.8) is 0 Å². The van der Waals surface area contributed by atoms with Crippen LogP contribution in [-0.2, 0) is 9.47 Å². The number of hydrogen-bond donors (Lipinski definition) is 0. The van der Waals surface area contributed by atoms with Crippen LogP contribution in [0.5, 0.6) is 0 Å². The third kappa shape index (κ3) is 12.0. The van der Waals surface area contributed by atoms with Crippen LogP contribution in [0.15, 0.2) is 0 Å². The quantitative estimate of drug-likeness (QED) is 0.209. The van der Waals surface area contributed by atoms with Crippen LogP contribution in [0.25, 0.3) is 0 Å². The summed E-state index contributed by atoms with van der Waals surface area (Å²) in [5.74, 6) is 0. The Labute approximate surface area is 158 Å². The van der Waals surface area contributed by atoms with E-state index in [4.69, 9.17) is 9.47 Å². The first-order valence-corrected chi connectivity index (χ1v) is 10.9. The van der Waals surface area contributed by atoms with Gasteiger partial charge in [0.1, 0.15) is 5.72 Å². The van der Waals surface area contributed by atoms with Gasteiger partial charge in [-0.15, -0.1) is 0 Å². The molecule has 0 aliphatic carbocycles. The van der Waals surface area contributed by atoms with E-state index in [-0.39, 0.29) is 11.8 Å². The molecule has 2 atom stereocenters. The molecule has 0 amide bonds. The Balaban J connectivity index is 3.96. The normalized spacial score (nSPS) is 15.5. The van der Waals surface area contributed by atoms with E-state index >= 15 is 0 Å². The second kappa shape index (κ2) is 16.1. The van der Waals surface area contributed by atoms with Crippen molar-refractivity contribution >= 4 is 0 Å². The molecule has 0 heterocycles. The van der Waals surface area contributed by atoms with E-state index < -0.39 is 0 Å². The summed E-state index contributed by atoms with van der Waals surface area (Å²) in [6, 6.07) is 0. The summed E-state index contributed by atoms with van der Waals surface area (Å²) in [5, 5.41) is 0. The maximum atomic E-state index is 6.27. The van der Waals surface area contributed by atoms with Gasteiger partial charge in [-0.3, -0.25) is 4.90 Å². The molecule has 3 heteroatoms. The molecule has 0 fully saturated rings. The molecule has 2 unspecified atom stereocenters. The molecule has 0 aliphatic heterocycles. The molecule has 0 bridgehead atoms. The maximum Gasteiger partial charge on any atom is 0.144 e. The Hall–Kier alpha value is -0.120. The molecule has 0 spiro atoms. The summed E-state index contributed by atoms with van der Waals surface area (Å²) in [6.45, 7) is 10.5. The predicted octanol–water partition coefficient (Wildman–Crippen LogP) is 6.41. The van der Waals surface area contributed by atoms with Crippen molar-refractivity contribution in [1.29, 1.82) is 0 Å². The Morgan fingerprint density at radius 1 is 0.720 bits per heavy atom. The van der Waals surface area contributed by atoms with E-state index in [2.05, 4.69) is 46.7 Å². The van der Waals surface area contributed by atoms with Crippen LogP contribution < -0.4 is 0 Å². The fourth-order valence-corrected chi connectivity index (χ4v) is 3.07. The summed E-state index contributed by atoms with van der Waals surface area (Å²) < 4.78 is 12.4. The molecule has 0 N–H and O–H groups in total. The Morgan fingerprint density at radius 2 is 1.16 bits per heavy atom. The van der Waals surface area contributed by atoms with Crippen molar-refractivity contribution in [1.82, 2.24) is 4.90 Å². The second-order valence-corrected chi connectivity index (χ2v) is 7.85. The molecule has 3 nitrogen and oxygen atoms in total. The van der Waals surface area contributed by atoms with Gasteiger partial charge in [0.25, 0.3) is 0 Å². The van der Waals surface area contributed by atoms with Gasteiger partial charge in [0.2, 0.25) is 0 Å². The van der Waals surface area contributed by atoms with Crippen LogP contribution in [0.3, 0.4) is 0 Å². The topological polar surface area (TPSA) is 21.7 Å². The van der Waals surface area contributed by atoms with Crippen molar-refractivity contribution < 1.29 is 9.47 Å². The summed E-state index contributed by atoms with van der Waals surface area (Å²) >= 11 is 0. The third-order valence-corrected chi connectivity index (χ3v) is 5.40. The number of likely N-dealkylation sites (N-methyl/N-ethyl adjacent to an activating group) is 1. The van der Waals surface area contributed by atoms with E-state index in [9.17, 15) is 0 Å². The molecule has 0 aromatic carbocycles. The lowest BCUT2D eigenvalue weighted by Gasteiger charge is -2.41. The zero-order valence-electron chi connectivity index (χ0n) is 18.2. The summed E-state index contributed by atoms with van der Waals surface area (Å²) in [7, 11) is 4.18. The summed E-state index contributed by atoms with van der Waals surface area (Å²) in [5.41, 5.74) is -0.342. The minimum absolute atomic E-state index is 0.0817. The van der Waals surface area contributed by atoms with Crippen molar-refractivity contribution in [2.24, 2.45) is 0 Å². The molecular formula is C22H47NO2. The lowest BCUT2D eigenvalue weighted by atomic mass is 10.1. The Bertz CT molecular complexity index is 283. The molecule has 0 aromatic heterocycles. The molecule has 0 rings (SSSR count). The van der Waals surface area contributed by atoms with Crippen molar-refractivity contribution in [2.75, 3.05) is 27.3 Å². The van der Waals surface area contributed by atoms with E-state index in [0.29, 0.717) is 0 Å². The van der Waals surface area contributed by atoms with E-state index in [1.165, 1.54) is 64.2 Å². The maximum absolute atomic E-state index is 6.27. The minimum atomic E-state index is -0.342. The monoisotopic (exact) mass is 357 g/mol. The lowest BCUT2D eigenvalue weighted by Crippen LogP contribution is -2.53. The largest absolute Gasteiger partial charge is 0.374 e. The van der Waals surface area contributed by atoms with Crippen LogP contribution in [0, 0.1) is 0 Å². The first-order chi connectivity index (χ1) is 12.0. The number of nitrogens with zero attached hydrogens (tertiary/aromatic N) is 1. The van der Waals surface area contributed by atoms with Gasteiger partial charge in [0, 0.05) is 13.2 Å². The van der Waals surface area contributed by atoms with Gasteiger partial charge < -0.3 is 9.47 Å². The van der Waals surface area contributed by atoms with E-state index in [0.717, 1.165) is 26.1 Å². The number of rotatable bonds is 18. The Kier molecular flexibility index (Phi) is 16.0. The molecular weight excluding hydrogens is 310 g/mol. The zero-order chi connectivity index (χ0) is 19.0. The predicted molar refractivity (Wildman–Crippen MR) is 110 cm³/mol. The van der Waals surface area contributed by atoms with Gasteiger partial charge >= 0.3 is 0 Å². The summed E-state index contributed by atoms with van der Waals surface area (Å²) in [4.78, 5) is 2.16. The smallest absolute Gasteiger partial charge is 0.144 e. The number of hydrogen-bond acceptors (Lipinski definition) is 3. The highest BCUT2D eigenvalue weighted by atomic mass is 16.6. The fourth-order valence-electron chi connectivity index (χ4n) is 3.07. The lowest BCUT2D eigenvalue weighted by molar-refractivity contribution is -0.199. The molecule has 152 valence electrons. The van der Waals surface area contributed by atoms with Gasteiger partial charge in [-0.05, 0) is 40.8 Å². The van der Waals surface area contributed by atoms with Gasteiger partial charge in [0.15, 0.2) is 0 Å². The van der Waals surface area contributed by atoms with Gasteiger partial charge in [-0.2, -0.15) is 0 Å². The summed E-state index contributed by atoms with van der Waals surface area (Å²) in [6.07, 6.45) is 15.7. The molecule has 0 saturated carbocycles. The van der Waals surface area contributed by atoms with Gasteiger partial charge in [-0.25, -0.2) is 0 Å². The minimum Gasteiger partial charge on any atom is -0.374 e. The Morgan fingerprint density at radius 3 is 1.64 bits per heavy atom. The number of ether oxygens (including phenoxy) is 2. The van der Waals surface area contributed by atoms with Crippen molar-refractivity contribution in [3.8, 4) is 0 Å². The van der Waals surface area contributed by atoms with Gasteiger partial charge in [0.05, 0.1) is 6.10 Å². The third-order valence-electron chi connectivity index (χ3n) is 5.40. The van der Waals surface area contributed by atoms with Crippen molar-refractivity contribution in [2.45, 2.75) is 117 Å². The van der Waals surface area contributed by atoms with Crippen LogP contribution >= 0.6 is 0 Å². The van der Waals surface area contributed by atoms with Crippen LogP contribution in [0.1, 0.15) is 105 Å². The zero-order valence-corrected chi connectivity index (χ0v) is 18.2. The SMILES string of the molecule is CCCCCCCCOC(C)C(C)(OCCCCCCCC)N(C)C. The standard InChI is InChI=1S/C22H47NO2/c1-7-9-11-13-15-17-19-24-21(3)22(4,23(5)6)25-20-18-16-14-12-10-8-2/h21H,7-20H2,1-6H3. The van der Waals surface area contributed by atoms with E-state index in [1.54, 1.807) is 0 Å². The molecule has 0 saturated heterocycles. The number of unbranched alkanes of at least 4 members (excludes halogenated alkanes) is 10.